The van der Waals surface area contributed by atoms with E-state index >= 15 is 0 Å². The van der Waals surface area contributed by atoms with Crippen LogP contribution in [0, 0.1) is 12.7 Å². The minimum atomic E-state index is -3.87. The zero-order valence-electron chi connectivity index (χ0n) is 13.4. The molecule has 1 N–H and O–H groups in total. The van der Waals surface area contributed by atoms with E-state index in [0.717, 1.165) is 5.56 Å². The first-order chi connectivity index (χ1) is 11.2. The van der Waals surface area contributed by atoms with Crippen molar-refractivity contribution in [1.29, 1.82) is 0 Å². The average molecular weight is 347 g/mol. The van der Waals surface area contributed by atoms with Crippen LogP contribution >= 0.6 is 0 Å². The Bertz CT molecular complexity index is 856. The quantitative estimate of drug-likeness (QED) is 0.816. The van der Waals surface area contributed by atoms with Gasteiger partial charge in [0.2, 0.25) is 10.0 Å². The van der Waals surface area contributed by atoms with E-state index in [0.29, 0.717) is 5.56 Å². The number of carbonyl (C=O) groups is 1. The fraction of sp³-hybridized carbons (Fsp3) is 0.167. The maximum absolute atomic E-state index is 13.1. The number of hydrogen-bond donors (Lipinski definition) is 1. The van der Waals surface area contributed by atoms with Crippen LogP contribution in [0.5, 0.6) is 0 Å². The molecule has 0 spiro atoms. The Hall–Kier alpha value is -2.31. The Labute approximate surface area is 141 Å². The SMILES string of the molecule is C=C(C(C)=O)[C@@H](NS(=O)(=O)c1ccc(C)cc1)c1ccc(F)cc1. The lowest BCUT2D eigenvalue weighted by molar-refractivity contribution is -0.113. The lowest BCUT2D eigenvalue weighted by Gasteiger charge is -2.20. The molecule has 2 rings (SSSR count). The number of nitrogens with one attached hydrogen (secondary N) is 1. The number of hydrogen-bond acceptors (Lipinski definition) is 3. The van der Waals surface area contributed by atoms with Crippen LogP contribution in [0.3, 0.4) is 0 Å². The van der Waals surface area contributed by atoms with Gasteiger partial charge in [0.15, 0.2) is 5.78 Å². The second-order valence-corrected chi connectivity index (χ2v) is 7.21. The molecule has 1 atom stereocenters. The summed E-state index contributed by atoms with van der Waals surface area (Å²) in [7, 11) is -3.87. The average Bonchev–Trinajstić information content (AvgIpc) is 2.53. The first-order valence-electron chi connectivity index (χ1n) is 7.25. The molecule has 0 aliphatic heterocycles. The molecule has 126 valence electrons. The normalized spacial score (nSPS) is 12.6. The van der Waals surface area contributed by atoms with E-state index in [1.54, 1.807) is 12.1 Å². The molecule has 0 heterocycles. The lowest BCUT2D eigenvalue weighted by Crippen LogP contribution is -2.31. The van der Waals surface area contributed by atoms with E-state index in [1.807, 2.05) is 6.92 Å². The Kier molecular flexibility index (Phi) is 5.31. The Morgan fingerprint density at radius 1 is 1.08 bits per heavy atom. The van der Waals surface area contributed by atoms with Crippen molar-refractivity contribution in [1.82, 2.24) is 4.72 Å². The van der Waals surface area contributed by atoms with Crippen molar-refractivity contribution < 1.29 is 17.6 Å². The summed E-state index contributed by atoms with van der Waals surface area (Å²) in [5.74, 6) is -0.803. The number of ketones is 1. The maximum Gasteiger partial charge on any atom is 0.241 e. The first kappa shape index (κ1) is 18.0. The van der Waals surface area contributed by atoms with E-state index in [2.05, 4.69) is 11.3 Å². The van der Waals surface area contributed by atoms with Crippen LogP contribution in [0.15, 0.2) is 65.6 Å². The molecule has 0 aliphatic rings. The summed E-state index contributed by atoms with van der Waals surface area (Å²) in [6.07, 6.45) is 0. The van der Waals surface area contributed by atoms with Gasteiger partial charge in [-0.15, -0.1) is 0 Å². The number of carbonyl (C=O) groups excluding carboxylic acids is 1. The van der Waals surface area contributed by atoms with Gasteiger partial charge in [-0.1, -0.05) is 36.4 Å². The van der Waals surface area contributed by atoms with Gasteiger partial charge >= 0.3 is 0 Å². The van der Waals surface area contributed by atoms with Crippen LogP contribution in [-0.4, -0.2) is 14.2 Å². The molecule has 0 radical (unpaired) electrons. The molecule has 6 heteroatoms. The molecule has 0 saturated carbocycles. The van der Waals surface area contributed by atoms with Crippen molar-refractivity contribution in [2.24, 2.45) is 0 Å². The van der Waals surface area contributed by atoms with Gasteiger partial charge in [0.25, 0.3) is 0 Å². The molecule has 0 saturated heterocycles. The second-order valence-electron chi connectivity index (χ2n) is 5.50. The lowest BCUT2D eigenvalue weighted by atomic mass is 9.98. The number of aryl methyl sites for hydroxylation is 1. The van der Waals surface area contributed by atoms with Gasteiger partial charge < -0.3 is 0 Å². The number of Topliss-reactive ketones (excluding diaryl/α,β-unsaturated/α-hetero) is 1. The molecule has 2 aromatic carbocycles. The van der Waals surface area contributed by atoms with Crippen molar-refractivity contribution in [3.8, 4) is 0 Å². The third-order valence-corrected chi connectivity index (χ3v) is 5.05. The van der Waals surface area contributed by atoms with Gasteiger partial charge in [-0.05, 0) is 43.7 Å². The molecule has 0 bridgehead atoms. The van der Waals surface area contributed by atoms with Crippen molar-refractivity contribution >= 4 is 15.8 Å². The van der Waals surface area contributed by atoms with Crippen molar-refractivity contribution in [3.05, 3.63) is 77.6 Å². The first-order valence-corrected chi connectivity index (χ1v) is 8.73. The maximum atomic E-state index is 13.1. The molecule has 0 fully saturated rings. The number of benzene rings is 2. The summed E-state index contributed by atoms with van der Waals surface area (Å²) in [5, 5.41) is 0. The molecule has 24 heavy (non-hydrogen) atoms. The molecule has 0 aliphatic carbocycles. The Morgan fingerprint density at radius 2 is 1.62 bits per heavy atom. The minimum absolute atomic E-state index is 0.0802. The second kappa shape index (κ2) is 7.07. The molecule has 0 amide bonds. The molecular formula is C18H18FNO3S. The molecule has 0 unspecified atom stereocenters. The predicted molar refractivity (Wildman–Crippen MR) is 90.5 cm³/mol. The van der Waals surface area contributed by atoms with E-state index in [4.69, 9.17) is 0 Å². The van der Waals surface area contributed by atoms with Crippen molar-refractivity contribution in [3.63, 3.8) is 0 Å². The Balaban J connectivity index is 2.41. The molecule has 0 aromatic heterocycles. The number of rotatable bonds is 6. The van der Waals surface area contributed by atoms with E-state index in [9.17, 15) is 17.6 Å². The predicted octanol–water partition coefficient (Wildman–Crippen LogP) is 3.30. The summed E-state index contributed by atoms with van der Waals surface area (Å²) in [6.45, 7) is 6.83. The van der Waals surface area contributed by atoms with Crippen LogP contribution in [0.4, 0.5) is 4.39 Å². The van der Waals surface area contributed by atoms with Crippen LogP contribution in [-0.2, 0) is 14.8 Å². The summed E-state index contributed by atoms with van der Waals surface area (Å²) >= 11 is 0. The standard InChI is InChI=1S/C18H18FNO3S/c1-12-4-10-17(11-5-12)24(22,23)20-18(13(2)14(3)21)15-6-8-16(19)9-7-15/h4-11,18,20H,2H2,1,3H3/t18-/m1/s1. The highest BCUT2D eigenvalue weighted by Gasteiger charge is 2.25. The van der Waals surface area contributed by atoms with Gasteiger partial charge in [0, 0.05) is 5.57 Å². The highest BCUT2D eigenvalue weighted by Crippen LogP contribution is 2.24. The smallest absolute Gasteiger partial charge is 0.241 e. The largest absolute Gasteiger partial charge is 0.295 e. The zero-order chi connectivity index (χ0) is 17.9. The monoisotopic (exact) mass is 347 g/mol. The number of halogens is 1. The molecule has 2 aromatic rings. The Morgan fingerprint density at radius 3 is 2.12 bits per heavy atom. The van der Waals surface area contributed by atoms with Crippen LogP contribution in [0.25, 0.3) is 0 Å². The highest BCUT2D eigenvalue weighted by molar-refractivity contribution is 7.89. The zero-order valence-corrected chi connectivity index (χ0v) is 14.2. The highest BCUT2D eigenvalue weighted by atomic mass is 32.2. The van der Waals surface area contributed by atoms with Gasteiger partial charge in [0.1, 0.15) is 5.82 Å². The molecule has 4 nitrogen and oxygen atoms in total. The van der Waals surface area contributed by atoms with E-state index < -0.39 is 21.9 Å². The summed E-state index contributed by atoms with van der Waals surface area (Å²) < 4.78 is 40.8. The molecular weight excluding hydrogens is 329 g/mol. The third-order valence-electron chi connectivity index (χ3n) is 3.61. The third kappa shape index (κ3) is 4.15. The summed E-state index contributed by atoms with van der Waals surface area (Å²) in [5.41, 5.74) is 1.45. The fourth-order valence-corrected chi connectivity index (χ4v) is 3.36. The summed E-state index contributed by atoms with van der Waals surface area (Å²) in [6, 6.07) is 10.6. The minimum Gasteiger partial charge on any atom is -0.295 e. The van der Waals surface area contributed by atoms with Gasteiger partial charge in [0.05, 0.1) is 10.9 Å². The van der Waals surface area contributed by atoms with E-state index in [1.165, 1.54) is 43.3 Å². The van der Waals surface area contributed by atoms with Crippen LogP contribution in [0.2, 0.25) is 0 Å². The van der Waals surface area contributed by atoms with Crippen LogP contribution < -0.4 is 4.72 Å². The topological polar surface area (TPSA) is 63.2 Å². The van der Waals surface area contributed by atoms with Gasteiger partial charge in [-0.3, -0.25) is 4.79 Å². The number of sulfonamides is 1. The van der Waals surface area contributed by atoms with Crippen molar-refractivity contribution in [2.75, 3.05) is 0 Å². The van der Waals surface area contributed by atoms with Gasteiger partial charge in [-0.25, -0.2) is 12.8 Å². The fourth-order valence-electron chi connectivity index (χ4n) is 2.14. The van der Waals surface area contributed by atoms with Crippen molar-refractivity contribution in [2.45, 2.75) is 24.8 Å². The van der Waals surface area contributed by atoms with E-state index in [-0.39, 0.29) is 16.3 Å². The van der Waals surface area contributed by atoms with Crippen LogP contribution in [0.1, 0.15) is 24.1 Å². The summed E-state index contributed by atoms with van der Waals surface area (Å²) in [4.78, 5) is 11.8. The van der Waals surface area contributed by atoms with Gasteiger partial charge in [-0.2, -0.15) is 4.72 Å².